The average Bonchev–Trinajstić information content (AvgIpc) is 3.31. The van der Waals surface area contributed by atoms with Gasteiger partial charge < -0.3 is 9.84 Å². The number of halogens is 1. The van der Waals surface area contributed by atoms with E-state index >= 15 is 0 Å². The number of benzene rings is 2. The van der Waals surface area contributed by atoms with E-state index in [4.69, 9.17) is 16.3 Å². The first-order valence-corrected chi connectivity index (χ1v) is 10.7. The van der Waals surface area contributed by atoms with Gasteiger partial charge in [0.1, 0.15) is 16.0 Å². The summed E-state index contributed by atoms with van der Waals surface area (Å²) < 4.78 is 5.98. The topological polar surface area (TPSA) is 79.7 Å². The predicted molar refractivity (Wildman–Crippen MR) is 115 cm³/mol. The summed E-state index contributed by atoms with van der Waals surface area (Å²) in [6, 6.07) is 14.8. The Labute approximate surface area is 182 Å². The summed E-state index contributed by atoms with van der Waals surface area (Å²) in [5.41, 5.74) is 4.44. The van der Waals surface area contributed by atoms with Crippen molar-refractivity contribution in [2.75, 3.05) is 13.2 Å². The van der Waals surface area contributed by atoms with Crippen molar-refractivity contribution < 1.29 is 19.4 Å². The van der Waals surface area contributed by atoms with E-state index in [9.17, 15) is 14.7 Å². The van der Waals surface area contributed by atoms with Crippen LogP contribution in [0.15, 0.2) is 54.7 Å². The second kappa shape index (κ2) is 8.45. The Morgan fingerprint density at radius 3 is 2.27 bits per heavy atom. The highest BCUT2D eigenvalue weighted by molar-refractivity contribution is 7.16. The predicted octanol–water partition coefficient (Wildman–Crippen LogP) is 5.19. The number of carbonyl (C=O) groups is 2. The summed E-state index contributed by atoms with van der Waals surface area (Å²) in [5.74, 6) is -1.28. The molecule has 1 aliphatic carbocycles. The van der Waals surface area contributed by atoms with Crippen LogP contribution >= 0.6 is 22.9 Å². The number of ether oxygens (including phenoxy) is 1. The number of carboxylic acid groups (broad SMARTS) is 1. The molecule has 0 saturated heterocycles. The summed E-state index contributed by atoms with van der Waals surface area (Å²) in [5, 5.41) is 9.94. The SMILES string of the molecule is CCN(C(=O)OCC1c2ccccc2-c2ccccc21)C(C(=O)O)c1ncc(Cl)s1. The lowest BCUT2D eigenvalue weighted by Crippen LogP contribution is -2.39. The number of fused-ring (bicyclic) bond motifs is 3. The van der Waals surface area contributed by atoms with E-state index in [1.165, 1.54) is 6.20 Å². The molecule has 3 aromatic rings. The molecule has 0 radical (unpaired) electrons. The van der Waals surface area contributed by atoms with Crippen molar-refractivity contribution in [2.24, 2.45) is 0 Å². The first-order chi connectivity index (χ1) is 14.5. The monoisotopic (exact) mass is 442 g/mol. The Kier molecular flexibility index (Phi) is 5.74. The summed E-state index contributed by atoms with van der Waals surface area (Å²) in [4.78, 5) is 29.9. The quantitative estimate of drug-likeness (QED) is 0.568. The van der Waals surface area contributed by atoms with Crippen molar-refractivity contribution in [3.8, 4) is 11.1 Å². The summed E-state index contributed by atoms with van der Waals surface area (Å²) in [6.45, 7) is 1.98. The number of likely N-dealkylation sites (N-methyl/N-ethyl adjacent to an activating group) is 1. The maximum absolute atomic E-state index is 12.9. The minimum absolute atomic E-state index is 0.0994. The molecule has 1 N–H and O–H groups in total. The molecule has 0 aliphatic heterocycles. The molecule has 1 unspecified atom stereocenters. The number of hydrogen-bond acceptors (Lipinski definition) is 5. The van der Waals surface area contributed by atoms with Gasteiger partial charge in [0.15, 0.2) is 6.04 Å². The van der Waals surface area contributed by atoms with Crippen LogP contribution in [0.2, 0.25) is 4.34 Å². The van der Waals surface area contributed by atoms with Crippen molar-refractivity contribution in [1.29, 1.82) is 0 Å². The number of nitrogens with zero attached hydrogens (tertiary/aromatic N) is 2. The lowest BCUT2D eigenvalue weighted by Gasteiger charge is -2.26. The lowest BCUT2D eigenvalue weighted by molar-refractivity contribution is -0.143. The van der Waals surface area contributed by atoms with E-state index in [1.54, 1.807) is 6.92 Å². The maximum Gasteiger partial charge on any atom is 0.410 e. The van der Waals surface area contributed by atoms with Crippen LogP contribution in [-0.2, 0) is 9.53 Å². The van der Waals surface area contributed by atoms with E-state index in [0.29, 0.717) is 4.34 Å². The van der Waals surface area contributed by atoms with Crippen molar-refractivity contribution in [1.82, 2.24) is 9.88 Å². The van der Waals surface area contributed by atoms with Crippen molar-refractivity contribution in [2.45, 2.75) is 18.9 Å². The summed E-state index contributed by atoms with van der Waals surface area (Å²) in [7, 11) is 0. The molecule has 2 aromatic carbocycles. The maximum atomic E-state index is 12.9. The smallest absolute Gasteiger partial charge is 0.410 e. The van der Waals surface area contributed by atoms with Gasteiger partial charge in [-0.25, -0.2) is 14.6 Å². The highest BCUT2D eigenvalue weighted by Gasteiger charge is 2.35. The molecule has 1 aromatic heterocycles. The van der Waals surface area contributed by atoms with Crippen molar-refractivity contribution in [3.05, 3.63) is 75.2 Å². The van der Waals surface area contributed by atoms with Gasteiger partial charge in [0.05, 0.1) is 6.20 Å². The molecule has 1 heterocycles. The molecular weight excluding hydrogens is 424 g/mol. The minimum atomic E-state index is -1.25. The number of carboxylic acids is 1. The number of carbonyl (C=O) groups excluding carboxylic acids is 1. The van der Waals surface area contributed by atoms with E-state index in [2.05, 4.69) is 17.1 Å². The first-order valence-electron chi connectivity index (χ1n) is 9.47. The number of rotatable bonds is 6. The standard InChI is InChI=1S/C22H19ClN2O4S/c1-2-25(19(21(26)27)20-24-11-18(23)30-20)22(28)29-12-17-15-9-5-3-7-13(15)14-8-4-6-10-16(14)17/h3-11,17,19H,2,12H2,1H3,(H,26,27). The zero-order chi connectivity index (χ0) is 21.3. The van der Waals surface area contributed by atoms with Gasteiger partial charge in [-0.3, -0.25) is 4.90 Å². The second-order valence-electron chi connectivity index (χ2n) is 6.83. The molecule has 8 heteroatoms. The summed E-state index contributed by atoms with van der Waals surface area (Å²) in [6.07, 6.45) is 0.682. The van der Waals surface area contributed by atoms with Gasteiger partial charge in [0, 0.05) is 12.5 Å². The Morgan fingerprint density at radius 2 is 1.77 bits per heavy atom. The van der Waals surface area contributed by atoms with Gasteiger partial charge >= 0.3 is 12.1 Å². The van der Waals surface area contributed by atoms with Crippen LogP contribution < -0.4 is 0 Å². The van der Waals surface area contributed by atoms with Gasteiger partial charge in [0.25, 0.3) is 0 Å². The molecule has 1 amide bonds. The van der Waals surface area contributed by atoms with Crippen LogP contribution in [0.3, 0.4) is 0 Å². The molecule has 1 atom stereocenters. The molecule has 4 rings (SSSR count). The zero-order valence-electron chi connectivity index (χ0n) is 16.1. The van der Waals surface area contributed by atoms with Crippen LogP contribution in [-0.4, -0.2) is 40.2 Å². The van der Waals surface area contributed by atoms with Gasteiger partial charge in [-0.05, 0) is 29.2 Å². The molecule has 0 saturated carbocycles. The number of aliphatic carboxylic acids is 1. The number of thiazole rings is 1. The van der Waals surface area contributed by atoms with Crippen LogP contribution in [0, 0.1) is 0 Å². The molecule has 0 bridgehead atoms. The third-order valence-electron chi connectivity index (χ3n) is 5.19. The Morgan fingerprint density at radius 1 is 1.17 bits per heavy atom. The molecule has 6 nitrogen and oxygen atoms in total. The fourth-order valence-electron chi connectivity index (χ4n) is 3.86. The van der Waals surface area contributed by atoms with Gasteiger partial charge in [-0.1, -0.05) is 60.1 Å². The number of hydrogen-bond donors (Lipinski definition) is 1. The van der Waals surface area contributed by atoms with E-state index in [-0.39, 0.29) is 24.1 Å². The third kappa shape index (κ3) is 3.66. The molecule has 30 heavy (non-hydrogen) atoms. The van der Waals surface area contributed by atoms with Crippen molar-refractivity contribution in [3.63, 3.8) is 0 Å². The minimum Gasteiger partial charge on any atom is -0.479 e. The van der Waals surface area contributed by atoms with Crippen LogP contribution in [0.5, 0.6) is 0 Å². The van der Waals surface area contributed by atoms with Crippen LogP contribution in [0.25, 0.3) is 11.1 Å². The van der Waals surface area contributed by atoms with E-state index < -0.39 is 18.1 Å². The number of aromatic nitrogens is 1. The Hall–Kier alpha value is -2.90. The fraction of sp³-hybridized carbons (Fsp3) is 0.227. The Bertz CT molecular complexity index is 1050. The Balaban J connectivity index is 1.56. The molecule has 0 fully saturated rings. The first kappa shape index (κ1) is 20.4. The average molecular weight is 443 g/mol. The van der Waals surface area contributed by atoms with Gasteiger partial charge in [-0.2, -0.15) is 0 Å². The van der Waals surface area contributed by atoms with Crippen LogP contribution in [0.4, 0.5) is 4.79 Å². The molecule has 0 spiro atoms. The summed E-state index contributed by atoms with van der Waals surface area (Å²) >= 11 is 6.94. The fourth-order valence-corrected chi connectivity index (χ4v) is 4.90. The van der Waals surface area contributed by atoms with Crippen LogP contribution in [0.1, 0.15) is 35.0 Å². The van der Waals surface area contributed by atoms with E-state index in [1.807, 2.05) is 36.4 Å². The molecule has 154 valence electrons. The second-order valence-corrected chi connectivity index (χ2v) is 8.53. The zero-order valence-corrected chi connectivity index (χ0v) is 17.7. The molecular formula is C22H19ClN2O4S. The number of amides is 1. The van der Waals surface area contributed by atoms with E-state index in [0.717, 1.165) is 38.5 Å². The highest BCUT2D eigenvalue weighted by Crippen LogP contribution is 2.44. The molecule has 1 aliphatic rings. The van der Waals surface area contributed by atoms with Gasteiger partial charge in [0.2, 0.25) is 0 Å². The third-order valence-corrected chi connectivity index (χ3v) is 6.35. The highest BCUT2D eigenvalue weighted by atomic mass is 35.5. The van der Waals surface area contributed by atoms with Crippen molar-refractivity contribution >= 4 is 35.0 Å². The largest absolute Gasteiger partial charge is 0.479 e. The normalized spacial score (nSPS) is 13.4. The van der Waals surface area contributed by atoms with Gasteiger partial charge in [-0.15, -0.1) is 11.3 Å². The lowest BCUT2D eigenvalue weighted by atomic mass is 9.98.